The third-order valence-electron chi connectivity index (χ3n) is 22.9. The van der Waals surface area contributed by atoms with Gasteiger partial charge in [0.2, 0.25) is 12.2 Å². The fourth-order valence-corrected chi connectivity index (χ4v) is 17.5. The van der Waals surface area contributed by atoms with Crippen LogP contribution < -0.4 is 5.32 Å². The average Bonchev–Trinajstić information content (AvgIpc) is 1.03. The van der Waals surface area contributed by atoms with Crippen molar-refractivity contribution in [3.05, 3.63) is 11.6 Å². The third kappa shape index (κ3) is 11.3. The number of esters is 1. The van der Waals surface area contributed by atoms with Crippen LogP contribution in [0.4, 0.5) is 0 Å². The van der Waals surface area contributed by atoms with E-state index in [0.29, 0.717) is 38.5 Å². The molecule has 0 aromatic heterocycles. The zero-order valence-corrected chi connectivity index (χ0v) is 50.0. The Balaban J connectivity index is 0.904. The summed E-state index contributed by atoms with van der Waals surface area (Å²) in [7, 11) is 0. The van der Waals surface area contributed by atoms with Gasteiger partial charge < -0.3 is 119 Å². The van der Waals surface area contributed by atoms with Crippen molar-refractivity contribution in [1.82, 2.24) is 5.32 Å². The highest BCUT2D eigenvalue weighted by molar-refractivity contribution is 5.79. The minimum absolute atomic E-state index is 0.0714. The van der Waals surface area contributed by atoms with Crippen molar-refractivity contribution in [2.75, 3.05) is 39.6 Å². The lowest BCUT2D eigenvalue weighted by Crippen LogP contribution is -2.69. The van der Waals surface area contributed by atoms with Crippen molar-refractivity contribution in [2.24, 2.45) is 50.2 Å². The molecule has 9 fully saturated rings. The van der Waals surface area contributed by atoms with E-state index in [1.165, 1.54) is 12.5 Å². The number of aliphatic hydroxyl groups excluding tert-OH is 12. The Morgan fingerprint density at radius 2 is 1.28 bits per heavy atom. The molecule has 10 aliphatic rings. The number of hydrogen-bond acceptors (Lipinski definition) is 25. The van der Waals surface area contributed by atoms with Crippen molar-refractivity contribution in [1.29, 1.82) is 0 Å². The number of amides is 1. The molecule has 85 heavy (non-hydrogen) atoms. The van der Waals surface area contributed by atoms with E-state index in [4.69, 9.17) is 47.4 Å². The van der Waals surface area contributed by atoms with Crippen LogP contribution in [-0.4, -0.2) is 253 Å². The fourth-order valence-electron chi connectivity index (χ4n) is 17.5. The zero-order chi connectivity index (χ0) is 61.9. The molecular formula is C59H95NO25. The molecule has 0 radical (unpaired) electrons. The van der Waals surface area contributed by atoms with E-state index in [1.54, 1.807) is 0 Å². The summed E-state index contributed by atoms with van der Waals surface area (Å²) in [6, 6.07) is -1.25. The quantitative estimate of drug-likeness (QED) is 0.0501. The van der Waals surface area contributed by atoms with Crippen LogP contribution in [0.1, 0.15) is 120 Å². The van der Waals surface area contributed by atoms with Crippen LogP contribution >= 0.6 is 0 Å². The second-order valence-electron chi connectivity index (χ2n) is 28.6. The van der Waals surface area contributed by atoms with E-state index < -0.39 is 190 Å². The van der Waals surface area contributed by atoms with Gasteiger partial charge in [0.05, 0.1) is 51.2 Å². The van der Waals surface area contributed by atoms with Crippen LogP contribution in [0.3, 0.4) is 0 Å². The molecule has 26 heteroatoms. The predicted octanol–water partition coefficient (Wildman–Crippen LogP) is -2.15. The van der Waals surface area contributed by atoms with Gasteiger partial charge in [-0.25, -0.2) is 0 Å². The first-order valence-corrected chi connectivity index (χ1v) is 30.5. The van der Waals surface area contributed by atoms with Crippen LogP contribution in [-0.2, 0) is 57.0 Å². The molecule has 0 aromatic carbocycles. The molecule has 10 rings (SSSR count). The molecule has 5 aliphatic carbocycles. The lowest BCUT2D eigenvalue weighted by Gasteiger charge is -2.71. The Labute approximate surface area is 494 Å². The van der Waals surface area contributed by atoms with Crippen molar-refractivity contribution < 1.29 is 123 Å². The SMILES string of the molecule is CC(=O)N[C@H]1[C@H](O[C@H]2CC[C@]3(C)[C@H]4CC=C5[C@@H]6CC(C)(C)CC[C@]6(C(=O)O[C@@H]6O[C@H](CO)[C@@H](O)[C@H](O)[C@H]6O[C@@H]6OC[C@](O)(CO)[C@H]6O)CC[C@@]5(C)[C@]4(C)CC[C@H]3C2(C)C)O[C@H](CO[C@@H]2OC[C@H](O)[C@H](O)[C@H]2O)[C@@H](O)[C@@H]1O[C@@H]1OC[C@@H](O)[C@H](O)[C@H]1O. The fraction of sp³-hybridized carbons (Fsp3) is 0.932. The molecule has 0 spiro atoms. The summed E-state index contributed by atoms with van der Waals surface area (Å²) in [6.07, 6.45) is -21.5. The summed E-state index contributed by atoms with van der Waals surface area (Å²) in [5, 5.41) is 142. The zero-order valence-electron chi connectivity index (χ0n) is 50.0. The summed E-state index contributed by atoms with van der Waals surface area (Å²) < 4.78 is 60.6. The Bertz CT molecular complexity index is 2420. The lowest BCUT2D eigenvalue weighted by atomic mass is 9.33. The topological polar surface area (TPSA) is 401 Å². The van der Waals surface area contributed by atoms with E-state index in [2.05, 4.69) is 59.9 Å². The van der Waals surface area contributed by atoms with E-state index in [-0.39, 0.29) is 46.0 Å². The second-order valence-corrected chi connectivity index (χ2v) is 28.6. The maximum atomic E-state index is 15.3. The van der Waals surface area contributed by atoms with E-state index in [1.807, 2.05) is 0 Å². The Kier molecular flexibility index (Phi) is 18.7. The normalized spacial score (nSPS) is 52.1. The number of fused-ring (bicyclic) bond motifs is 7. The second kappa shape index (κ2) is 24.1. The van der Waals surface area contributed by atoms with Gasteiger partial charge >= 0.3 is 5.97 Å². The van der Waals surface area contributed by atoms with Crippen LogP contribution in [0.15, 0.2) is 11.6 Å². The van der Waals surface area contributed by atoms with E-state index in [0.717, 1.165) is 25.7 Å². The van der Waals surface area contributed by atoms with Gasteiger partial charge in [-0.3, -0.25) is 9.59 Å². The first-order chi connectivity index (χ1) is 39.8. The van der Waals surface area contributed by atoms with Crippen LogP contribution in [0, 0.1) is 50.2 Å². The number of carbonyl (C=O) groups excluding carboxylic acids is 2. The molecule has 4 saturated carbocycles. The highest BCUT2D eigenvalue weighted by atomic mass is 16.8. The summed E-state index contributed by atoms with van der Waals surface area (Å²) in [5.41, 5.74) is -3.55. The van der Waals surface area contributed by atoms with Gasteiger partial charge in [-0.1, -0.05) is 60.1 Å². The number of carbonyl (C=O) groups is 2. The van der Waals surface area contributed by atoms with Crippen molar-refractivity contribution in [3.63, 3.8) is 0 Å². The van der Waals surface area contributed by atoms with Crippen LogP contribution in [0.25, 0.3) is 0 Å². The predicted molar refractivity (Wildman–Crippen MR) is 289 cm³/mol. The minimum atomic E-state index is -2.08. The lowest BCUT2D eigenvalue weighted by molar-refractivity contribution is -0.348. The highest BCUT2D eigenvalue weighted by Gasteiger charge is 2.70. The number of allylic oxidation sites excluding steroid dienone is 2. The summed E-state index contributed by atoms with van der Waals surface area (Å²) in [6.45, 7) is 13.8. The molecule has 0 bridgehead atoms. The van der Waals surface area contributed by atoms with Gasteiger partial charge in [-0.15, -0.1) is 0 Å². The molecular weight excluding hydrogens is 1120 g/mol. The maximum absolute atomic E-state index is 15.3. The number of hydrogen-bond donors (Lipinski definition) is 14. The first kappa shape index (κ1) is 65.7. The maximum Gasteiger partial charge on any atom is 0.315 e. The molecule has 486 valence electrons. The summed E-state index contributed by atoms with van der Waals surface area (Å²) >= 11 is 0. The van der Waals surface area contributed by atoms with E-state index in [9.17, 15) is 71.2 Å². The minimum Gasteiger partial charge on any atom is -0.432 e. The molecule has 0 aromatic rings. The van der Waals surface area contributed by atoms with Gasteiger partial charge in [-0.05, 0) is 109 Å². The van der Waals surface area contributed by atoms with Crippen molar-refractivity contribution in [2.45, 2.75) is 254 Å². The molecule has 29 atom stereocenters. The summed E-state index contributed by atoms with van der Waals surface area (Å²) in [5.74, 6) is -1.15. The van der Waals surface area contributed by atoms with Gasteiger partial charge in [0.15, 0.2) is 31.3 Å². The number of aliphatic hydroxyl groups is 13. The van der Waals surface area contributed by atoms with Gasteiger partial charge in [-0.2, -0.15) is 0 Å². The largest absolute Gasteiger partial charge is 0.432 e. The van der Waals surface area contributed by atoms with Crippen molar-refractivity contribution >= 4 is 11.9 Å². The Morgan fingerprint density at radius 1 is 0.647 bits per heavy atom. The van der Waals surface area contributed by atoms with Gasteiger partial charge in [0, 0.05) is 6.92 Å². The van der Waals surface area contributed by atoms with Gasteiger partial charge in [0.1, 0.15) is 91.0 Å². The molecule has 0 unspecified atom stereocenters. The molecule has 1 amide bonds. The van der Waals surface area contributed by atoms with Crippen LogP contribution in [0.5, 0.6) is 0 Å². The van der Waals surface area contributed by atoms with E-state index >= 15 is 4.79 Å². The average molecular weight is 1220 g/mol. The smallest absolute Gasteiger partial charge is 0.315 e. The molecule has 26 nitrogen and oxygen atoms in total. The Morgan fingerprint density at radius 3 is 1.93 bits per heavy atom. The molecule has 14 N–H and O–H groups in total. The molecule has 5 saturated heterocycles. The van der Waals surface area contributed by atoms with Crippen LogP contribution in [0.2, 0.25) is 0 Å². The number of ether oxygens (including phenoxy) is 10. The Hall–Kier alpha value is -2.20. The first-order valence-electron chi connectivity index (χ1n) is 30.5. The highest BCUT2D eigenvalue weighted by Crippen LogP contribution is 2.76. The van der Waals surface area contributed by atoms with Crippen molar-refractivity contribution in [3.8, 4) is 0 Å². The molecule has 5 heterocycles. The molecule has 5 aliphatic heterocycles. The number of nitrogens with one attached hydrogen (secondary N) is 1. The number of rotatable bonds is 14. The third-order valence-corrected chi connectivity index (χ3v) is 22.9. The standard InChI is InChI=1S/C59H95NO25/c1-26(63)60-36-44(83-49-43(72)38(67)30(65)22-77-49)40(69)32(23-78-48-42(71)37(66)29(64)21-76-48)81-47(36)82-35-12-13-55(6)33(54(35,4)5)11-14-57(8)34(55)10-9-27-28-19-53(2,3)15-17-58(28,18-16-56(27,57)7)52(74)85-50-45(41(70)39(68)31(20-61)80-50)84-51-46(73)59(75,24-62)25-79-51/h9,28-51,61-62,64-73,75H,10-25H2,1-8H3,(H,60,63)/t28-,29-,30+,31+,32+,33-,34+,35-,36+,37-,38-,39+,40+,41-,42+,43+,44+,45+,46-,47-,48-,49-,50-,51-,55-,56+,57+,58-,59+/m0/s1. The monoisotopic (exact) mass is 1220 g/mol. The summed E-state index contributed by atoms with van der Waals surface area (Å²) in [4.78, 5) is 28.4. The van der Waals surface area contributed by atoms with Gasteiger partial charge in [0.25, 0.3) is 0 Å².